The third-order valence-corrected chi connectivity index (χ3v) is 3.18. The Morgan fingerprint density at radius 2 is 2.11 bits per heavy atom. The fourth-order valence-corrected chi connectivity index (χ4v) is 2.25. The van der Waals surface area contributed by atoms with Gasteiger partial charge in [-0.05, 0) is 12.1 Å². The van der Waals surface area contributed by atoms with Crippen molar-refractivity contribution in [2.75, 3.05) is 0 Å². The number of hydrogen-bond acceptors (Lipinski definition) is 3. The van der Waals surface area contributed by atoms with Gasteiger partial charge >= 0.3 is 0 Å². The molecule has 0 N–H and O–H groups in total. The van der Waals surface area contributed by atoms with Crippen LogP contribution < -0.4 is 0 Å². The van der Waals surface area contributed by atoms with E-state index in [0.717, 1.165) is 22.2 Å². The molecule has 4 nitrogen and oxygen atoms in total. The molecule has 0 saturated carbocycles. The lowest BCUT2D eigenvalue weighted by Gasteiger charge is -1.98. The van der Waals surface area contributed by atoms with Crippen molar-refractivity contribution < 1.29 is 4.79 Å². The van der Waals surface area contributed by atoms with Gasteiger partial charge in [-0.1, -0.05) is 18.2 Å². The molecule has 0 amide bonds. The normalized spacial score (nSPS) is 10.8. The monoisotopic (exact) mass is 251 g/mol. The predicted octanol–water partition coefficient (Wildman–Crippen LogP) is 2.39. The zero-order valence-electron chi connectivity index (χ0n) is 10.6. The summed E-state index contributed by atoms with van der Waals surface area (Å²) in [7, 11) is 1.95. The summed E-state index contributed by atoms with van der Waals surface area (Å²) in [5, 5.41) is 0.990. The van der Waals surface area contributed by atoms with Gasteiger partial charge in [0.05, 0.1) is 12.1 Å². The average molecular weight is 251 g/mol. The van der Waals surface area contributed by atoms with Gasteiger partial charge in [0.2, 0.25) is 0 Å². The van der Waals surface area contributed by atoms with Crippen molar-refractivity contribution in [1.29, 1.82) is 0 Å². The topological polar surface area (TPSA) is 47.8 Å². The quantitative estimate of drug-likeness (QED) is 0.671. The summed E-state index contributed by atoms with van der Waals surface area (Å²) in [6.07, 6.45) is 5.30. The first-order chi connectivity index (χ1) is 9.25. The minimum Gasteiger partial charge on any atom is -0.350 e. The number of rotatable bonds is 3. The summed E-state index contributed by atoms with van der Waals surface area (Å²) >= 11 is 0. The molecule has 0 atom stereocenters. The Morgan fingerprint density at radius 3 is 2.89 bits per heavy atom. The molecule has 0 saturated heterocycles. The Kier molecular flexibility index (Phi) is 2.83. The van der Waals surface area contributed by atoms with Gasteiger partial charge in [-0.15, -0.1) is 0 Å². The van der Waals surface area contributed by atoms with E-state index in [9.17, 15) is 4.79 Å². The molecule has 94 valence electrons. The fourth-order valence-electron chi connectivity index (χ4n) is 2.25. The maximum atomic E-state index is 12.4. The summed E-state index contributed by atoms with van der Waals surface area (Å²) in [5.74, 6) is 0.0792. The van der Waals surface area contributed by atoms with Gasteiger partial charge in [0.1, 0.15) is 6.33 Å². The van der Waals surface area contributed by atoms with Crippen molar-refractivity contribution in [2.45, 2.75) is 6.42 Å². The first-order valence-corrected chi connectivity index (χ1v) is 6.08. The lowest BCUT2D eigenvalue weighted by molar-refractivity contribution is 0.0993. The predicted molar refractivity (Wildman–Crippen MR) is 73.0 cm³/mol. The van der Waals surface area contributed by atoms with Crippen molar-refractivity contribution in [1.82, 2.24) is 14.5 Å². The number of aromatic nitrogens is 3. The SMILES string of the molecule is Cn1cc(C(=O)Cc2ccncn2)c2ccccc21. The van der Waals surface area contributed by atoms with Crippen molar-refractivity contribution in [3.63, 3.8) is 0 Å². The van der Waals surface area contributed by atoms with Crippen LogP contribution >= 0.6 is 0 Å². The molecule has 2 aromatic heterocycles. The number of benzene rings is 1. The fraction of sp³-hybridized carbons (Fsp3) is 0.133. The molecule has 0 aliphatic carbocycles. The van der Waals surface area contributed by atoms with Crippen LogP contribution in [0.2, 0.25) is 0 Å². The smallest absolute Gasteiger partial charge is 0.170 e. The second-order valence-corrected chi connectivity index (χ2v) is 4.47. The lowest BCUT2D eigenvalue weighted by Crippen LogP contribution is -2.04. The van der Waals surface area contributed by atoms with Crippen LogP contribution in [0, 0.1) is 0 Å². The van der Waals surface area contributed by atoms with Crippen LogP contribution in [0.4, 0.5) is 0 Å². The molecule has 0 bridgehead atoms. The van der Waals surface area contributed by atoms with Crippen molar-refractivity contribution in [2.24, 2.45) is 7.05 Å². The van der Waals surface area contributed by atoms with Crippen LogP contribution in [0.3, 0.4) is 0 Å². The molecule has 3 aromatic rings. The van der Waals surface area contributed by atoms with Gasteiger partial charge in [0.25, 0.3) is 0 Å². The molecule has 0 unspecified atom stereocenters. The molecule has 3 rings (SSSR count). The summed E-state index contributed by atoms with van der Waals surface area (Å²) in [6.45, 7) is 0. The van der Waals surface area contributed by atoms with Crippen LogP contribution in [0.1, 0.15) is 16.1 Å². The zero-order valence-corrected chi connectivity index (χ0v) is 10.6. The molecule has 0 spiro atoms. The Bertz CT molecular complexity index is 731. The molecule has 4 heteroatoms. The van der Waals surface area contributed by atoms with E-state index in [1.165, 1.54) is 6.33 Å². The number of carbonyl (C=O) groups excluding carboxylic acids is 1. The van der Waals surface area contributed by atoms with Crippen LogP contribution in [-0.4, -0.2) is 20.3 Å². The maximum Gasteiger partial charge on any atom is 0.170 e. The minimum atomic E-state index is 0.0792. The Morgan fingerprint density at radius 1 is 1.26 bits per heavy atom. The van der Waals surface area contributed by atoms with Crippen molar-refractivity contribution in [3.05, 3.63) is 60.3 Å². The Hall–Kier alpha value is -2.49. The number of para-hydroxylation sites is 1. The zero-order chi connectivity index (χ0) is 13.2. The second-order valence-electron chi connectivity index (χ2n) is 4.47. The molecule has 0 radical (unpaired) electrons. The third-order valence-electron chi connectivity index (χ3n) is 3.18. The summed E-state index contributed by atoms with van der Waals surface area (Å²) in [5.41, 5.74) is 2.55. The summed E-state index contributed by atoms with van der Waals surface area (Å²) in [6, 6.07) is 9.67. The Labute approximate surface area is 110 Å². The van der Waals surface area contributed by atoms with Crippen LogP contribution in [0.5, 0.6) is 0 Å². The van der Waals surface area contributed by atoms with E-state index in [1.54, 1.807) is 12.3 Å². The summed E-state index contributed by atoms with van der Waals surface area (Å²) < 4.78 is 1.97. The Balaban J connectivity index is 1.98. The largest absolute Gasteiger partial charge is 0.350 e. The molecule has 0 aliphatic heterocycles. The molecular weight excluding hydrogens is 238 g/mol. The third kappa shape index (κ3) is 2.12. The number of hydrogen-bond donors (Lipinski definition) is 0. The first kappa shape index (κ1) is 11.6. The standard InChI is InChI=1S/C15H13N3O/c1-18-9-13(12-4-2-3-5-14(12)18)15(19)8-11-6-7-16-10-17-11/h2-7,9-10H,8H2,1H3. The lowest BCUT2D eigenvalue weighted by atomic mass is 10.1. The van der Waals surface area contributed by atoms with Gasteiger partial charge in [-0.2, -0.15) is 0 Å². The van der Waals surface area contributed by atoms with Gasteiger partial charge in [-0.25, -0.2) is 9.97 Å². The number of Topliss-reactive ketones (excluding diaryl/α,β-unsaturated/α-hetero) is 1. The van der Waals surface area contributed by atoms with E-state index in [-0.39, 0.29) is 5.78 Å². The number of carbonyl (C=O) groups is 1. The van der Waals surface area contributed by atoms with E-state index in [4.69, 9.17) is 0 Å². The van der Waals surface area contributed by atoms with E-state index in [2.05, 4.69) is 9.97 Å². The highest BCUT2D eigenvalue weighted by molar-refractivity contribution is 6.08. The number of fused-ring (bicyclic) bond motifs is 1. The number of nitrogens with zero attached hydrogens (tertiary/aromatic N) is 3. The average Bonchev–Trinajstić information content (AvgIpc) is 2.78. The molecule has 0 fully saturated rings. The molecule has 19 heavy (non-hydrogen) atoms. The van der Waals surface area contributed by atoms with Gasteiger partial charge < -0.3 is 4.57 Å². The first-order valence-electron chi connectivity index (χ1n) is 6.08. The van der Waals surface area contributed by atoms with Gasteiger partial charge in [0.15, 0.2) is 5.78 Å². The molecule has 2 heterocycles. The van der Waals surface area contributed by atoms with Crippen LogP contribution in [-0.2, 0) is 13.5 Å². The van der Waals surface area contributed by atoms with E-state index in [1.807, 2.05) is 42.1 Å². The van der Waals surface area contributed by atoms with Gasteiger partial charge in [0, 0.05) is 35.9 Å². The number of aryl methyl sites for hydroxylation is 1. The minimum absolute atomic E-state index is 0.0792. The van der Waals surface area contributed by atoms with Crippen LogP contribution in [0.15, 0.2) is 49.1 Å². The highest BCUT2D eigenvalue weighted by atomic mass is 16.1. The van der Waals surface area contributed by atoms with E-state index < -0.39 is 0 Å². The van der Waals surface area contributed by atoms with Crippen LogP contribution in [0.25, 0.3) is 10.9 Å². The molecule has 1 aromatic carbocycles. The molecule has 0 aliphatic rings. The summed E-state index contributed by atoms with van der Waals surface area (Å²) in [4.78, 5) is 20.3. The highest BCUT2D eigenvalue weighted by Crippen LogP contribution is 2.21. The van der Waals surface area contributed by atoms with E-state index >= 15 is 0 Å². The van der Waals surface area contributed by atoms with Gasteiger partial charge in [-0.3, -0.25) is 4.79 Å². The van der Waals surface area contributed by atoms with Crippen molar-refractivity contribution >= 4 is 16.7 Å². The molecular formula is C15H13N3O. The van der Waals surface area contributed by atoms with Crippen molar-refractivity contribution in [3.8, 4) is 0 Å². The highest BCUT2D eigenvalue weighted by Gasteiger charge is 2.14. The van der Waals surface area contributed by atoms with E-state index in [0.29, 0.717) is 6.42 Å². The second kappa shape index (κ2) is 4.65. The number of ketones is 1. The maximum absolute atomic E-state index is 12.4.